The zero-order valence-corrected chi connectivity index (χ0v) is 15.7. The van der Waals surface area contributed by atoms with Crippen LogP contribution in [0.3, 0.4) is 0 Å². The van der Waals surface area contributed by atoms with Crippen LogP contribution in [0.2, 0.25) is 0 Å². The van der Waals surface area contributed by atoms with Crippen molar-refractivity contribution in [2.45, 2.75) is 25.4 Å². The summed E-state index contributed by atoms with van der Waals surface area (Å²) >= 11 is 1.73. The summed E-state index contributed by atoms with van der Waals surface area (Å²) in [5, 5.41) is 4.83. The largest absolute Gasteiger partial charge is 0.459 e. The number of carbonyl (C=O) groups is 2. The first-order valence-electron chi connectivity index (χ1n) is 8.91. The van der Waals surface area contributed by atoms with Gasteiger partial charge in [0.25, 0.3) is 5.91 Å². The van der Waals surface area contributed by atoms with Gasteiger partial charge < -0.3 is 14.6 Å². The number of nitrogens with one attached hydrogen (secondary N) is 1. The van der Waals surface area contributed by atoms with E-state index < -0.39 is 6.04 Å². The molecule has 1 N–H and O–H groups in total. The Balaban J connectivity index is 1.59. The van der Waals surface area contributed by atoms with Crippen LogP contribution in [0.4, 0.5) is 0 Å². The maximum absolute atomic E-state index is 13.2. The van der Waals surface area contributed by atoms with Crippen molar-refractivity contribution in [1.82, 2.24) is 10.2 Å². The molecule has 3 heterocycles. The third-order valence-electron chi connectivity index (χ3n) is 4.83. The Morgan fingerprint density at radius 1 is 1.19 bits per heavy atom. The molecule has 27 heavy (non-hydrogen) atoms. The lowest BCUT2D eigenvalue weighted by molar-refractivity contribution is -0.134. The van der Waals surface area contributed by atoms with Crippen molar-refractivity contribution in [3.05, 3.63) is 81.9 Å². The lowest BCUT2D eigenvalue weighted by atomic mass is 9.92. The molecule has 0 saturated heterocycles. The van der Waals surface area contributed by atoms with Crippen LogP contribution in [-0.4, -0.2) is 29.3 Å². The number of carbonyl (C=O) groups excluding carboxylic acids is 2. The first-order valence-corrected chi connectivity index (χ1v) is 9.79. The maximum Gasteiger partial charge on any atom is 0.287 e. The zero-order chi connectivity index (χ0) is 18.8. The summed E-state index contributed by atoms with van der Waals surface area (Å²) in [5.41, 5.74) is 2.25. The monoisotopic (exact) mass is 380 g/mol. The molecule has 1 aliphatic rings. The van der Waals surface area contributed by atoms with E-state index >= 15 is 0 Å². The molecule has 2 atom stereocenters. The quantitative estimate of drug-likeness (QED) is 0.752. The van der Waals surface area contributed by atoms with E-state index in [4.69, 9.17) is 4.42 Å². The number of amides is 2. The van der Waals surface area contributed by atoms with E-state index in [1.54, 1.807) is 30.4 Å². The maximum atomic E-state index is 13.2. The number of thiophene rings is 1. The zero-order valence-electron chi connectivity index (χ0n) is 14.9. The Hall–Kier alpha value is -2.86. The molecule has 2 aromatic heterocycles. The van der Waals surface area contributed by atoms with Crippen molar-refractivity contribution in [2.75, 3.05) is 6.54 Å². The van der Waals surface area contributed by atoms with Crippen molar-refractivity contribution >= 4 is 23.2 Å². The summed E-state index contributed by atoms with van der Waals surface area (Å²) in [4.78, 5) is 28.6. The van der Waals surface area contributed by atoms with Gasteiger partial charge in [-0.2, -0.15) is 0 Å². The van der Waals surface area contributed by atoms with Gasteiger partial charge in [-0.3, -0.25) is 9.59 Å². The topological polar surface area (TPSA) is 62.6 Å². The highest BCUT2D eigenvalue weighted by molar-refractivity contribution is 7.10. The predicted molar refractivity (Wildman–Crippen MR) is 104 cm³/mol. The standard InChI is InChI=1S/C21H20N2O3S/c1-14(22-20(24)17-8-5-12-26-17)21(25)23-11-9-18-16(10-13-27-18)19(23)15-6-3-2-4-7-15/h2-8,10,12-14,19H,9,11H2,1H3,(H,22,24)/t14-,19+/m0/s1. The van der Waals surface area contributed by atoms with Crippen molar-refractivity contribution < 1.29 is 14.0 Å². The van der Waals surface area contributed by atoms with Crippen LogP contribution in [-0.2, 0) is 11.2 Å². The van der Waals surface area contributed by atoms with Gasteiger partial charge in [-0.1, -0.05) is 30.3 Å². The van der Waals surface area contributed by atoms with E-state index in [1.165, 1.54) is 16.7 Å². The summed E-state index contributed by atoms with van der Waals surface area (Å²) in [6, 6.07) is 14.6. The third kappa shape index (κ3) is 3.40. The average Bonchev–Trinajstić information content (AvgIpc) is 3.38. The second kappa shape index (κ2) is 7.40. The summed E-state index contributed by atoms with van der Waals surface area (Å²) in [7, 11) is 0. The van der Waals surface area contributed by atoms with Crippen molar-refractivity contribution in [2.24, 2.45) is 0 Å². The molecule has 1 aromatic carbocycles. The smallest absolute Gasteiger partial charge is 0.287 e. The molecule has 5 nitrogen and oxygen atoms in total. The molecular weight excluding hydrogens is 360 g/mol. The van der Waals surface area contributed by atoms with Gasteiger partial charge in [-0.15, -0.1) is 11.3 Å². The van der Waals surface area contributed by atoms with Crippen LogP contribution < -0.4 is 5.32 Å². The first kappa shape index (κ1) is 17.5. The molecule has 1 aliphatic heterocycles. The fourth-order valence-electron chi connectivity index (χ4n) is 3.53. The van der Waals surface area contributed by atoms with E-state index in [-0.39, 0.29) is 23.6 Å². The van der Waals surface area contributed by atoms with E-state index in [9.17, 15) is 9.59 Å². The molecule has 0 aliphatic carbocycles. The fraction of sp³-hybridized carbons (Fsp3) is 0.238. The Morgan fingerprint density at radius 2 is 2.00 bits per heavy atom. The molecular formula is C21H20N2O3S. The summed E-state index contributed by atoms with van der Waals surface area (Å²) in [5.74, 6) is -0.279. The molecule has 0 bridgehead atoms. The lowest BCUT2D eigenvalue weighted by Crippen LogP contribution is -2.50. The van der Waals surface area contributed by atoms with Gasteiger partial charge in [0.1, 0.15) is 6.04 Å². The Bertz CT molecular complexity index is 934. The number of hydrogen-bond donors (Lipinski definition) is 1. The van der Waals surface area contributed by atoms with Crippen molar-refractivity contribution in [3.8, 4) is 0 Å². The Kier molecular flexibility index (Phi) is 4.81. The summed E-state index contributed by atoms with van der Waals surface area (Å²) < 4.78 is 5.11. The van der Waals surface area contributed by atoms with Crippen LogP contribution in [0.25, 0.3) is 0 Å². The third-order valence-corrected chi connectivity index (χ3v) is 5.82. The number of benzene rings is 1. The molecule has 0 saturated carbocycles. The highest BCUT2D eigenvalue weighted by Gasteiger charge is 2.35. The van der Waals surface area contributed by atoms with Gasteiger partial charge in [0, 0.05) is 11.4 Å². The van der Waals surface area contributed by atoms with Gasteiger partial charge in [0.15, 0.2) is 5.76 Å². The molecule has 0 fully saturated rings. The van der Waals surface area contributed by atoms with Crippen molar-refractivity contribution in [3.63, 3.8) is 0 Å². The predicted octanol–water partition coefficient (Wildman–Crippen LogP) is 3.63. The molecule has 0 unspecified atom stereocenters. The summed E-state index contributed by atoms with van der Waals surface area (Å²) in [6.07, 6.45) is 2.27. The van der Waals surface area contributed by atoms with E-state index in [0.717, 1.165) is 12.0 Å². The van der Waals surface area contributed by atoms with Crippen LogP contribution in [0.5, 0.6) is 0 Å². The van der Waals surface area contributed by atoms with Crippen LogP contribution in [0, 0.1) is 0 Å². The number of nitrogens with zero attached hydrogens (tertiary/aromatic N) is 1. The molecule has 4 rings (SSSR count). The van der Waals surface area contributed by atoms with E-state index in [2.05, 4.69) is 16.8 Å². The van der Waals surface area contributed by atoms with Gasteiger partial charge in [-0.25, -0.2) is 0 Å². The van der Waals surface area contributed by atoms with Crippen LogP contribution in [0.15, 0.2) is 64.6 Å². The van der Waals surface area contributed by atoms with Crippen LogP contribution >= 0.6 is 11.3 Å². The SMILES string of the molecule is C[C@H](NC(=O)c1ccco1)C(=O)N1CCc2sccc2[C@H]1c1ccccc1. The minimum atomic E-state index is -0.644. The van der Waals surface area contributed by atoms with Gasteiger partial charge in [-0.05, 0) is 48.1 Å². The molecule has 6 heteroatoms. The number of rotatable bonds is 4. The molecule has 0 radical (unpaired) electrons. The highest BCUT2D eigenvalue weighted by atomic mass is 32.1. The molecule has 2 amide bonds. The second-order valence-electron chi connectivity index (χ2n) is 6.57. The second-order valence-corrected chi connectivity index (χ2v) is 7.57. The minimum absolute atomic E-state index is 0.0967. The minimum Gasteiger partial charge on any atom is -0.459 e. The molecule has 3 aromatic rings. The number of furan rings is 1. The lowest BCUT2D eigenvalue weighted by Gasteiger charge is -2.37. The van der Waals surface area contributed by atoms with Crippen molar-refractivity contribution in [1.29, 1.82) is 0 Å². The summed E-state index contributed by atoms with van der Waals surface area (Å²) in [6.45, 7) is 2.35. The number of hydrogen-bond acceptors (Lipinski definition) is 4. The normalized spacial score (nSPS) is 17.2. The van der Waals surface area contributed by atoms with Gasteiger partial charge in [0.05, 0.1) is 12.3 Å². The molecule has 138 valence electrons. The Morgan fingerprint density at radius 3 is 2.74 bits per heavy atom. The van der Waals surface area contributed by atoms with E-state index in [1.807, 2.05) is 35.2 Å². The number of fused-ring (bicyclic) bond motifs is 1. The first-order chi connectivity index (χ1) is 13.1. The Labute approximate surface area is 161 Å². The molecule has 0 spiro atoms. The van der Waals surface area contributed by atoms with E-state index in [0.29, 0.717) is 6.54 Å². The fourth-order valence-corrected chi connectivity index (χ4v) is 4.44. The average molecular weight is 380 g/mol. The van der Waals surface area contributed by atoms with Crippen LogP contribution in [0.1, 0.15) is 39.5 Å². The van der Waals surface area contributed by atoms with Gasteiger partial charge in [0.2, 0.25) is 5.91 Å². The highest BCUT2D eigenvalue weighted by Crippen LogP contribution is 2.37. The van der Waals surface area contributed by atoms with Gasteiger partial charge >= 0.3 is 0 Å².